The Balaban J connectivity index is 0.000000304. The molecule has 0 saturated carbocycles. The van der Waals surface area contributed by atoms with E-state index in [0.717, 1.165) is 5.92 Å². The van der Waals surface area contributed by atoms with Crippen molar-refractivity contribution in [3.05, 3.63) is 0 Å². The molecule has 0 bridgehead atoms. The Bertz CT molecular complexity index is 250. The summed E-state index contributed by atoms with van der Waals surface area (Å²) >= 11 is 0. The molecule has 1 saturated heterocycles. The number of rotatable bonds is 0. The average Bonchev–Trinajstić information content (AvgIpc) is 2.29. The molecule has 0 aromatic carbocycles. The number of nitrogens with zero attached hydrogens (tertiary/aromatic N) is 1. The third-order valence-corrected chi connectivity index (χ3v) is 3.93. The van der Waals surface area contributed by atoms with Crippen molar-refractivity contribution in [1.29, 1.82) is 0 Å². The van der Waals surface area contributed by atoms with Gasteiger partial charge in [-0.1, -0.05) is 13.8 Å². The van der Waals surface area contributed by atoms with Crippen molar-refractivity contribution in [3.63, 3.8) is 0 Å². The van der Waals surface area contributed by atoms with Crippen molar-refractivity contribution in [2.24, 2.45) is 11.7 Å². The van der Waals surface area contributed by atoms with E-state index >= 15 is 0 Å². The maximum Gasteiger partial charge on any atom is 0.405 e. The van der Waals surface area contributed by atoms with Crippen molar-refractivity contribution < 1.29 is 9.53 Å². The van der Waals surface area contributed by atoms with Crippen LogP contribution in [0, 0.1) is 5.92 Å². The van der Waals surface area contributed by atoms with Gasteiger partial charge in [-0.05, 0) is 46.7 Å². The van der Waals surface area contributed by atoms with Crippen LogP contribution in [0.15, 0.2) is 0 Å². The lowest BCUT2D eigenvalue weighted by atomic mass is 10.0. The first kappa shape index (κ1) is 16.4. The van der Waals surface area contributed by atoms with Gasteiger partial charge in [0.1, 0.15) is 5.60 Å². The molecule has 1 fully saturated rings. The number of carbonyl (C=O) groups excluding carboxylic acids is 1. The molecule has 5 heteroatoms. The zero-order chi connectivity index (χ0) is 13.9. The summed E-state index contributed by atoms with van der Waals surface area (Å²) in [7, 11) is 5.91. The minimum atomic E-state index is -0.725. The van der Waals surface area contributed by atoms with Crippen LogP contribution in [0.3, 0.4) is 0 Å². The summed E-state index contributed by atoms with van der Waals surface area (Å²) in [6.07, 6.45) is 0.591. The van der Waals surface area contributed by atoms with Gasteiger partial charge >= 0.3 is 6.09 Å². The molecule has 2 unspecified atom stereocenters. The number of nitrogens with two attached hydrogens (primary N) is 1. The highest BCUT2D eigenvalue weighted by atomic mass is 28.1. The quantitative estimate of drug-likeness (QED) is 0.672. The van der Waals surface area contributed by atoms with Gasteiger partial charge in [-0.15, -0.1) is 0 Å². The molecule has 2 N–H and O–H groups in total. The Hall–Kier alpha value is -0.553. The Labute approximate surface area is 108 Å². The largest absolute Gasteiger partial charge is 0.444 e. The Kier molecular flexibility index (Phi) is 5.67. The molecule has 0 aromatic rings. The topological polar surface area (TPSA) is 55.6 Å². The van der Waals surface area contributed by atoms with Gasteiger partial charge in [0.2, 0.25) is 0 Å². The lowest BCUT2D eigenvalue weighted by molar-refractivity contribution is 0.0600. The van der Waals surface area contributed by atoms with E-state index in [2.05, 4.69) is 40.8 Å². The van der Waals surface area contributed by atoms with Gasteiger partial charge in [-0.3, -0.25) is 0 Å². The van der Waals surface area contributed by atoms with Gasteiger partial charge in [0.25, 0.3) is 0 Å². The second kappa shape index (κ2) is 5.86. The zero-order valence-corrected chi connectivity index (χ0v) is 12.8. The molecule has 0 aliphatic carbocycles. The Morgan fingerprint density at radius 2 is 2.00 bits per heavy atom. The van der Waals surface area contributed by atoms with Gasteiger partial charge in [0.05, 0.1) is 10.2 Å². The van der Waals surface area contributed by atoms with Crippen LogP contribution in [0.25, 0.3) is 0 Å². The number of amides is 1. The molecule has 4 nitrogen and oxygen atoms in total. The molecule has 17 heavy (non-hydrogen) atoms. The van der Waals surface area contributed by atoms with Crippen LogP contribution in [0.5, 0.6) is 0 Å². The first-order valence-corrected chi connectivity index (χ1v) is 6.41. The van der Waals surface area contributed by atoms with Gasteiger partial charge in [-0.25, -0.2) is 4.79 Å². The number of hydrogen-bond donors (Lipinski definition) is 1. The van der Waals surface area contributed by atoms with Gasteiger partial charge in [-0.2, -0.15) is 0 Å². The van der Waals surface area contributed by atoms with Crippen LogP contribution < -0.4 is 5.73 Å². The summed E-state index contributed by atoms with van der Waals surface area (Å²) in [5.74, 6) is 0.777. The van der Waals surface area contributed by atoms with E-state index in [1.165, 1.54) is 13.0 Å². The van der Waals surface area contributed by atoms with Crippen molar-refractivity contribution in [3.8, 4) is 0 Å². The molecule has 1 aliphatic heterocycles. The molecule has 1 amide bonds. The van der Waals surface area contributed by atoms with Crippen LogP contribution >= 0.6 is 0 Å². The molecule has 0 aromatic heterocycles. The highest BCUT2D eigenvalue weighted by Gasteiger charge is 2.35. The third-order valence-electron chi connectivity index (χ3n) is 3.06. The fraction of sp³-hybridized carbons (Fsp3) is 0.917. The molecule has 2 atom stereocenters. The van der Waals surface area contributed by atoms with Crippen molar-refractivity contribution in [2.75, 3.05) is 13.6 Å². The highest BCUT2D eigenvalue weighted by molar-refractivity contribution is 6.15. The average molecular weight is 257 g/mol. The molecular formula is C12H25N2O2Si. The second-order valence-electron chi connectivity index (χ2n) is 5.79. The zero-order valence-electron chi connectivity index (χ0n) is 11.8. The Morgan fingerprint density at radius 3 is 2.06 bits per heavy atom. The smallest absolute Gasteiger partial charge is 0.405 e. The number of ether oxygens (including phenoxy) is 1. The Morgan fingerprint density at radius 1 is 1.53 bits per heavy atom. The lowest BCUT2D eigenvalue weighted by Gasteiger charge is -2.31. The molecule has 1 heterocycles. The predicted molar refractivity (Wildman–Crippen MR) is 71.0 cm³/mol. The fourth-order valence-electron chi connectivity index (χ4n) is 1.58. The summed E-state index contributed by atoms with van der Waals surface area (Å²) in [4.78, 5) is 12.4. The van der Waals surface area contributed by atoms with E-state index in [-0.39, 0.29) is 5.16 Å². The summed E-state index contributed by atoms with van der Waals surface area (Å²) < 4.78 is 4.58. The summed E-state index contributed by atoms with van der Waals surface area (Å²) in [6, 6.07) is 0. The summed E-state index contributed by atoms with van der Waals surface area (Å²) in [6.45, 7) is 11.0. The standard InChI is InChI=1S/C7H14NSi.C5H11NO2/c1-6-4-5-8(3)7(6,2)9;1-5(2,3)8-4(6)7/h6H,4-5H2,1-3H3;1-3H3,(H2,6,7). The fourth-order valence-corrected chi connectivity index (χ4v) is 1.83. The SMILES string of the molecule is CC(C)(C)OC(N)=O.CC1CCN(C)C1(C)[Si]. The number of primary amides is 1. The van der Waals surface area contributed by atoms with Crippen LogP contribution in [-0.4, -0.2) is 45.6 Å². The van der Waals surface area contributed by atoms with E-state index in [9.17, 15) is 4.79 Å². The van der Waals surface area contributed by atoms with E-state index in [4.69, 9.17) is 5.73 Å². The monoisotopic (exact) mass is 257 g/mol. The maximum absolute atomic E-state index is 10.0. The normalized spacial score (nSPS) is 29.5. The highest BCUT2D eigenvalue weighted by Crippen LogP contribution is 2.29. The van der Waals surface area contributed by atoms with Crippen molar-refractivity contribution in [2.45, 2.75) is 51.8 Å². The summed E-state index contributed by atoms with van der Waals surface area (Å²) in [5, 5.41) is 0.250. The maximum atomic E-state index is 10.0. The van der Waals surface area contributed by atoms with E-state index < -0.39 is 11.7 Å². The van der Waals surface area contributed by atoms with Gasteiger partial charge in [0, 0.05) is 5.16 Å². The first-order valence-electron chi connectivity index (χ1n) is 5.91. The summed E-state index contributed by atoms with van der Waals surface area (Å²) in [5.41, 5.74) is 4.26. The number of hydrogen-bond acceptors (Lipinski definition) is 3. The molecule has 3 radical (unpaired) electrons. The van der Waals surface area contributed by atoms with Crippen LogP contribution in [0.2, 0.25) is 0 Å². The van der Waals surface area contributed by atoms with Gasteiger partial charge < -0.3 is 15.4 Å². The molecule has 0 spiro atoms. The minimum absolute atomic E-state index is 0.250. The van der Waals surface area contributed by atoms with Crippen LogP contribution in [0.1, 0.15) is 41.0 Å². The van der Waals surface area contributed by atoms with Crippen molar-refractivity contribution >= 4 is 16.3 Å². The second-order valence-corrected chi connectivity index (χ2v) is 6.80. The lowest BCUT2D eigenvalue weighted by Crippen LogP contribution is -2.42. The van der Waals surface area contributed by atoms with E-state index in [1.807, 2.05) is 0 Å². The number of carbonyl (C=O) groups is 1. The minimum Gasteiger partial charge on any atom is -0.444 e. The van der Waals surface area contributed by atoms with Crippen LogP contribution in [-0.2, 0) is 4.74 Å². The molecule has 1 aliphatic rings. The van der Waals surface area contributed by atoms with E-state index in [0.29, 0.717) is 0 Å². The van der Waals surface area contributed by atoms with E-state index in [1.54, 1.807) is 20.8 Å². The molecule has 1 rings (SSSR count). The third kappa shape index (κ3) is 6.07. The first-order chi connectivity index (χ1) is 7.47. The van der Waals surface area contributed by atoms with Gasteiger partial charge in [0.15, 0.2) is 0 Å². The molecule has 99 valence electrons. The number of likely N-dealkylation sites (tertiary alicyclic amines) is 1. The molecular weight excluding hydrogens is 232 g/mol. The van der Waals surface area contributed by atoms with Crippen molar-refractivity contribution in [1.82, 2.24) is 4.90 Å². The predicted octanol–water partition coefficient (Wildman–Crippen LogP) is 1.72. The van der Waals surface area contributed by atoms with Crippen LogP contribution in [0.4, 0.5) is 4.79 Å².